The van der Waals surface area contributed by atoms with E-state index in [2.05, 4.69) is 43.7 Å². The van der Waals surface area contributed by atoms with Crippen LogP contribution in [-0.4, -0.2) is 70.3 Å². The zero-order valence-corrected chi connectivity index (χ0v) is 18.3. The second-order valence-corrected chi connectivity index (χ2v) is 8.67. The molecule has 31 heavy (non-hydrogen) atoms. The molecule has 2 aromatic heterocycles. The van der Waals surface area contributed by atoms with E-state index in [4.69, 9.17) is 9.40 Å². The number of hydrogen-bond acceptors (Lipinski definition) is 8. The lowest BCUT2D eigenvalue weighted by molar-refractivity contribution is 0.154. The van der Waals surface area contributed by atoms with Gasteiger partial charge in [0, 0.05) is 62.3 Å². The Morgan fingerprint density at radius 1 is 1.06 bits per heavy atom. The number of nitrogens with zero attached hydrogens (tertiary/aromatic N) is 6. The number of anilines is 2. The summed E-state index contributed by atoms with van der Waals surface area (Å²) >= 11 is 0. The van der Waals surface area contributed by atoms with E-state index >= 15 is 0 Å². The molecule has 1 atom stereocenters. The molecule has 0 amide bonds. The van der Waals surface area contributed by atoms with Crippen LogP contribution in [0, 0.1) is 13.8 Å². The molecule has 0 bridgehead atoms. The minimum Gasteiger partial charge on any atom is -0.439 e. The highest BCUT2D eigenvalue weighted by Gasteiger charge is 2.22. The molecule has 8 heteroatoms. The zero-order chi connectivity index (χ0) is 21.4. The number of fused-ring (bicyclic) bond motifs is 1. The molecule has 2 aliphatic rings. The van der Waals surface area contributed by atoms with E-state index in [1.165, 1.54) is 0 Å². The van der Waals surface area contributed by atoms with E-state index in [0.29, 0.717) is 13.1 Å². The predicted octanol–water partition coefficient (Wildman–Crippen LogP) is 2.52. The molecule has 0 saturated carbocycles. The van der Waals surface area contributed by atoms with E-state index in [-0.39, 0.29) is 6.10 Å². The third kappa shape index (κ3) is 4.22. The normalized spacial score (nSPS) is 20.5. The molecule has 3 aromatic rings. The average molecular weight is 423 g/mol. The number of aromatic nitrogens is 3. The van der Waals surface area contributed by atoms with Gasteiger partial charge in [0.1, 0.15) is 17.7 Å². The first-order valence-electron chi connectivity index (χ1n) is 11.1. The third-order valence-electron chi connectivity index (χ3n) is 6.52. The average Bonchev–Trinajstić information content (AvgIpc) is 3.18. The van der Waals surface area contributed by atoms with Crippen molar-refractivity contribution in [3.63, 3.8) is 0 Å². The Morgan fingerprint density at radius 2 is 1.90 bits per heavy atom. The molecule has 2 saturated heterocycles. The number of rotatable bonds is 4. The SMILES string of the molecule is Cc1ncnc(N2CCN(Cc3nc4ccc(N5CCC[C@@H](O)C5)cc4o3)CC2)c1C. The maximum atomic E-state index is 9.97. The maximum absolute atomic E-state index is 9.97. The van der Waals surface area contributed by atoms with Gasteiger partial charge in [-0.1, -0.05) is 0 Å². The quantitative estimate of drug-likeness (QED) is 0.687. The number of aryl methyl sites for hydroxylation is 1. The standard InChI is InChI=1S/C23H30N6O2/c1-16-17(2)24-15-25-23(16)28-10-8-27(9-11-28)14-22-26-20-6-5-18(12-21(20)31-22)29-7-3-4-19(30)13-29/h5-6,12,15,19,30H,3-4,7-11,13-14H2,1-2H3/t19-/m1/s1. The second kappa shape index (κ2) is 8.43. The van der Waals surface area contributed by atoms with Crippen LogP contribution in [0.5, 0.6) is 0 Å². The van der Waals surface area contributed by atoms with Gasteiger partial charge < -0.3 is 19.3 Å². The highest BCUT2D eigenvalue weighted by molar-refractivity contribution is 5.77. The number of hydrogen-bond donors (Lipinski definition) is 1. The van der Waals surface area contributed by atoms with Gasteiger partial charge in [0.15, 0.2) is 5.58 Å². The van der Waals surface area contributed by atoms with E-state index in [1.54, 1.807) is 6.33 Å². The van der Waals surface area contributed by atoms with Crippen LogP contribution in [0.2, 0.25) is 0 Å². The monoisotopic (exact) mass is 422 g/mol. The summed E-state index contributed by atoms with van der Waals surface area (Å²) in [7, 11) is 0. The molecule has 0 radical (unpaired) electrons. The van der Waals surface area contributed by atoms with Crippen LogP contribution in [0.3, 0.4) is 0 Å². The largest absolute Gasteiger partial charge is 0.439 e. The molecule has 164 valence electrons. The highest BCUT2D eigenvalue weighted by Crippen LogP contribution is 2.26. The molecule has 2 aliphatic heterocycles. The van der Waals surface area contributed by atoms with Crippen molar-refractivity contribution < 1.29 is 9.52 Å². The van der Waals surface area contributed by atoms with Crippen molar-refractivity contribution in [1.29, 1.82) is 0 Å². The van der Waals surface area contributed by atoms with Crippen molar-refractivity contribution in [1.82, 2.24) is 19.9 Å². The molecular weight excluding hydrogens is 392 g/mol. The van der Waals surface area contributed by atoms with Gasteiger partial charge in [-0.3, -0.25) is 4.90 Å². The van der Waals surface area contributed by atoms with E-state index < -0.39 is 0 Å². The van der Waals surface area contributed by atoms with E-state index in [0.717, 1.165) is 85.3 Å². The lowest BCUT2D eigenvalue weighted by atomic mass is 10.1. The molecule has 8 nitrogen and oxygen atoms in total. The maximum Gasteiger partial charge on any atom is 0.209 e. The topological polar surface area (TPSA) is 81.8 Å². The molecule has 0 spiro atoms. The number of benzene rings is 1. The molecular formula is C23H30N6O2. The summed E-state index contributed by atoms with van der Waals surface area (Å²) in [5.74, 6) is 1.80. The zero-order valence-electron chi connectivity index (χ0n) is 18.3. The van der Waals surface area contributed by atoms with Crippen molar-refractivity contribution in [2.75, 3.05) is 49.1 Å². The fourth-order valence-corrected chi connectivity index (χ4v) is 4.57. The first-order chi connectivity index (χ1) is 15.1. The van der Waals surface area contributed by atoms with Crippen molar-refractivity contribution in [2.45, 2.75) is 39.3 Å². The summed E-state index contributed by atoms with van der Waals surface area (Å²) in [5, 5.41) is 9.97. The number of piperidine rings is 1. The smallest absolute Gasteiger partial charge is 0.209 e. The molecule has 0 unspecified atom stereocenters. The molecule has 1 aromatic carbocycles. The van der Waals surface area contributed by atoms with Crippen LogP contribution in [0.1, 0.15) is 30.0 Å². The van der Waals surface area contributed by atoms with Gasteiger partial charge in [-0.25, -0.2) is 15.0 Å². The first kappa shape index (κ1) is 20.2. The van der Waals surface area contributed by atoms with Gasteiger partial charge >= 0.3 is 0 Å². The number of β-amino-alcohol motifs (C(OH)–C–C–N with tert-alkyl or cyclic N) is 1. The molecule has 4 heterocycles. The van der Waals surface area contributed by atoms with Gasteiger partial charge in [0.05, 0.1) is 12.6 Å². The number of piperazine rings is 1. The molecule has 5 rings (SSSR count). The summed E-state index contributed by atoms with van der Waals surface area (Å²) in [6, 6.07) is 6.16. The number of aliphatic hydroxyl groups is 1. The van der Waals surface area contributed by atoms with Crippen molar-refractivity contribution in [3.05, 3.63) is 41.7 Å². The fourth-order valence-electron chi connectivity index (χ4n) is 4.57. The molecule has 0 aliphatic carbocycles. The van der Waals surface area contributed by atoms with Gasteiger partial charge in [-0.15, -0.1) is 0 Å². The summed E-state index contributed by atoms with van der Waals surface area (Å²) in [6.07, 6.45) is 3.31. The summed E-state index contributed by atoms with van der Waals surface area (Å²) in [5.41, 5.74) is 5.00. The molecule has 1 N–H and O–H groups in total. The van der Waals surface area contributed by atoms with Crippen LogP contribution < -0.4 is 9.80 Å². The lowest BCUT2D eigenvalue weighted by Crippen LogP contribution is -2.46. The minimum atomic E-state index is -0.247. The van der Waals surface area contributed by atoms with Crippen LogP contribution in [0.4, 0.5) is 11.5 Å². The van der Waals surface area contributed by atoms with Crippen LogP contribution >= 0.6 is 0 Å². The van der Waals surface area contributed by atoms with Gasteiger partial charge in [0.25, 0.3) is 0 Å². The fraction of sp³-hybridized carbons (Fsp3) is 0.522. The Morgan fingerprint density at radius 3 is 2.71 bits per heavy atom. The van der Waals surface area contributed by atoms with Crippen LogP contribution in [-0.2, 0) is 6.54 Å². The Kier molecular flexibility index (Phi) is 5.50. The number of oxazole rings is 1. The van der Waals surface area contributed by atoms with E-state index in [1.807, 2.05) is 13.0 Å². The highest BCUT2D eigenvalue weighted by atomic mass is 16.3. The van der Waals surface area contributed by atoms with Crippen LogP contribution in [0.15, 0.2) is 28.9 Å². The Labute approximate surface area is 182 Å². The Bertz CT molecular complexity index is 1060. The second-order valence-electron chi connectivity index (χ2n) is 8.67. The van der Waals surface area contributed by atoms with Crippen LogP contribution in [0.25, 0.3) is 11.1 Å². The van der Waals surface area contributed by atoms with Crippen molar-refractivity contribution in [3.8, 4) is 0 Å². The van der Waals surface area contributed by atoms with Gasteiger partial charge in [-0.05, 0) is 38.8 Å². The lowest BCUT2D eigenvalue weighted by Gasteiger charge is -2.35. The third-order valence-corrected chi connectivity index (χ3v) is 6.52. The Hall–Kier alpha value is -2.71. The van der Waals surface area contributed by atoms with Gasteiger partial charge in [0.2, 0.25) is 5.89 Å². The predicted molar refractivity (Wildman–Crippen MR) is 120 cm³/mol. The molecule has 2 fully saturated rings. The summed E-state index contributed by atoms with van der Waals surface area (Å²) < 4.78 is 6.10. The minimum absolute atomic E-state index is 0.247. The Balaban J connectivity index is 1.23. The van der Waals surface area contributed by atoms with Crippen molar-refractivity contribution >= 4 is 22.6 Å². The van der Waals surface area contributed by atoms with Gasteiger partial charge in [-0.2, -0.15) is 0 Å². The first-order valence-corrected chi connectivity index (χ1v) is 11.1. The summed E-state index contributed by atoms with van der Waals surface area (Å²) in [4.78, 5) is 20.4. The number of aliphatic hydroxyl groups excluding tert-OH is 1. The summed E-state index contributed by atoms with van der Waals surface area (Å²) in [6.45, 7) is 10.2. The van der Waals surface area contributed by atoms with E-state index in [9.17, 15) is 5.11 Å². The van der Waals surface area contributed by atoms with Crippen molar-refractivity contribution in [2.24, 2.45) is 0 Å².